The van der Waals surface area contributed by atoms with E-state index in [1.54, 1.807) is 7.11 Å². The van der Waals surface area contributed by atoms with Crippen molar-refractivity contribution in [3.05, 3.63) is 52.2 Å². The molecule has 0 radical (unpaired) electrons. The number of aryl methyl sites for hydroxylation is 1. The van der Waals surface area contributed by atoms with Gasteiger partial charge in [-0.2, -0.15) is 0 Å². The standard InChI is InChI=1S/C39H55N7O5/c1-39(2,3)29-22-27(36(40)47)35(51-7)28(24-45-16-14-41(4)15-17-45)31(29)32-26-11-8-10-25(33(26)43(6)34(32)38(49)50)23-44-18-20-46(21-19-44)37(48)30-12-9-13-42(30)5/h8,10-11,22,30H,9,12-21,23-24H2,1-7H3,(H2,40,47)(H,49,50). The van der Waals surface area contributed by atoms with Crippen molar-refractivity contribution in [2.45, 2.75) is 58.2 Å². The van der Waals surface area contributed by atoms with Crippen LogP contribution in [0.1, 0.15) is 71.1 Å². The summed E-state index contributed by atoms with van der Waals surface area (Å²) < 4.78 is 7.83. The van der Waals surface area contributed by atoms with E-state index in [9.17, 15) is 19.5 Å². The van der Waals surface area contributed by atoms with Crippen LogP contribution >= 0.6 is 0 Å². The maximum atomic E-state index is 13.4. The number of hydrogen-bond donors (Lipinski definition) is 2. The van der Waals surface area contributed by atoms with Gasteiger partial charge in [-0.25, -0.2) is 4.79 Å². The lowest BCUT2D eigenvalue weighted by molar-refractivity contribution is -0.137. The average Bonchev–Trinajstić information content (AvgIpc) is 3.65. The maximum absolute atomic E-state index is 13.4. The molecular formula is C39H55N7O5. The van der Waals surface area contributed by atoms with Gasteiger partial charge in [0.1, 0.15) is 11.4 Å². The first-order valence-electron chi connectivity index (χ1n) is 18.2. The molecule has 3 aliphatic rings. The number of piperazine rings is 2. The molecule has 1 atom stereocenters. The summed E-state index contributed by atoms with van der Waals surface area (Å²) in [6, 6.07) is 7.89. The number of amides is 2. The van der Waals surface area contributed by atoms with E-state index in [2.05, 4.69) is 53.5 Å². The van der Waals surface area contributed by atoms with Crippen LogP contribution in [-0.2, 0) is 30.3 Å². The molecule has 0 aliphatic carbocycles. The molecule has 12 heteroatoms. The fourth-order valence-electron chi connectivity index (χ4n) is 8.42. The zero-order chi connectivity index (χ0) is 36.8. The van der Waals surface area contributed by atoms with E-state index < -0.39 is 17.3 Å². The van der Waals surface area contributed by atoms with Gasteiger partial charge in [0.05, 0.1) is 24.2 Å². The number of para-hydroxylation sites is 1. The molecule has 3 N–H and O–H groups in total. The molecule has 6 rings (SSSR count). The van der Waals surface area contributed by atoms with E-state index in [1.165, 1.54) is 0 Å². The normalized spacial score (nSPS) is 20.0. The number of carbonyl (C=O) groups excluding carboxylic acids is 2. The minimum absolute atomic E-state index is 0.0173. The molecule has 2 aromatic carbocycles. The highest BCUT2D eigenvalue weighted by Crippen LogP contribution is 2.47. The summed E-state index contributed by atoms with van der Waals surface area (Å²) >= 11 is 0. The Morgan fingerprint density at radius 2 is 1.55 bits per heavy atom. The van der Waals surface area contributed by atoms with Crippen molar-refractivity contribution < 1.29 is 24.2 Å². The molecule has 1 unspecified atom stereocenters. The molecule has 0 saturated carbocycles. The van der Waals surface area contributed by atoms with Gasteiger partial charge in [0.15, 0.2) is 0 Å². The van der Waals surface area contributed by atoms with Crippen molar-refractivity contribution in [2.24, 2.45) is 12.8 Å². The Bertz CT molecular complexity index is 1810. The average molecular weight is 702 g/mol. The summed E-state index contributed by atoms with van der Waals surface area (Å²) in [6.45, 7) is 14.6. The predicted octanol–water partition coefficient (Wildman–Crippen LogP) is 3.43. The third-order valence-corrected chi connectivity index (χ3v) is 11.3. The predicted molar refractivity (Wildman–Crippen MR) is 199 cm³/mol. The highest BCUT2D eigenvalue weighted by Gasteiger charge is 2.36. The van der Waals surface area contributed by atoms with Crippen LogP contribution in [0.25, 0.3) is 22.0 Å². The van der Waals surface area contributed by atoms with Gasteiger partial charge in [-0.1, -0.05) is 39.0 Å². The van der Waals surface area contributed by atoms with Crippen molar-refractivity contribution >= 4 is 28.7 Å². The van der Waals surface area contributed by atoms with Gasteiger partial charge >= 0.3 is 5.97 Å². The van der Waals surface area contributed by atoms with Crippen LogP contribution in [0.3, 0.4) is 0 Å². The van der Waals surface area contributed by atoms with Crippen molar-refractivity contribution in [1.29, 1.82) is 0 Å². The number of likely N-dealkylation sites (tertiary alicyclic amines) is 1. The van der Waals surface area contributed by atoms with Crippen LogP contribution in [-0.4, -0.2) is 138 Å². The third kappa shape index (κ3) is 7.11. The monoisotopic (exact) mass is 701 g/mol. The second-order valence-electron chi connectivity index (χ2n) is 15.7. The Balaban J connectivity index is 1.46. The van der Waals surface area contributed by atoms with Crippen molar-refractivity contribution in [3.63, 3.8) is 0 Å². The zero-order valence-electron chi connectivity index (χ0n) is 31.4. The van der Waals surface area contributed by atoms with Crippen LogP contribution in [0.15, 0.2) is 24.3 Å². The number of aromatic carboxylic acids is 1. The quantitative estimate of drug-likeness (QED) is 0.345. The van der Waals surface area contributed by atoms with Crippen LogP contribution in [0.5, 0.6) is 5.75 Å². The zero-order valence-corrected chi connectivity index (χ0v) is 31.4. The first-order chi connectivity index (χ1) is 24.2. The molecule has 1 aromatic heterocycles. The summed E-state index contributed by atoms with van der Waals surface area (Å²) in [6.07, 6.45) is 1.98. The lowest BCUT2D eigenvalue weighted by Gasteiger charge is -2.37. The number of aromatic nitrogens is 1. The molecule has 3 saturated heterocycles. The molecular weight excluding hydrogens is 646 g/mol. The Morgan fingerprint density at radius 3 is 2.12 bits per heavy atom. The lowest BCUT2D eigenvalue weighted by atomic mass is 9.77. The Labute approximate surface area is 301 Å². The van der Waals surface area contributed by atoms with Gasteiger partial charge in [0, 0.05) is 89.0 Å². The Kier molecular flexibility index (Phi) is 10.5. The van der Waals surface area contributed by atoms with Crippen LogP contribution < -0.4 is 10.5 Å². The third-order valence-electron chi connectivity index (χ3n) is 11.3. The number of nitrogens with zero attached hydrogens (tertiary/aromatic N) is 6. The largest absolute Gasteiger partial charge is 0.496 e. The van der Waals surface area contributed by atoms with E-state index in [1.807, 2.05) is 41.8 Å². The maximum Gasteiger partial charge on any atom is 0.353 e. The number of likely N-dealkylation sites (N-methyl/N-ethyl adjacent to an activating group) is 2. The molecule has 51 heavy (non-hydrogen) atoms. The number of carbonyl (C=O) groups is 3. The number of benzene rings is 2. The molecule has 0 bridgehead atoms. The first kappa shape index (κ1) is 36.8. The fourth-order valence-corrected chi connectivity index (χ4v) is 8.42. The highest BCUT2D eigenvalue weighted by molar-refractivity contribution is 6.11. The summed E-state index contributed by atoms with van der Waals surface area (Å²) in [5, 5.41) is 11.8. The van der Waals surface area contributed by atoms with Gasteiger partial charge in [-0.05, 0) is 61.7 Å². The molecule has 3 fully saturated rings. The van der Waals surface area contributed by atoms with Gasteiger partial charge in [0.2, 0.25) is 5.91 Å². The molecule has 2 amide bonds. The number of nitrogens with two attached hydrogens (primary N) is 1. The van der Waals surface area contributed by atoms with Gasteiger partial charge in [-0.15, -0.1) is 0 Å². The topological polar surface area (TPSA) is 128 Å². The molecule has 3 aromatic rings. The fraction of sp³-hybridized carbons (Fsp3) is 0.564. The molecule has 0 spiro atoms. The molecule has 276 valence electrons. The summed E-state index contributed by atoms with van der Waals surface area (Å²) in [7, 11) is 7.53. The van der Waals surface area contributed by atoms with Gasteiger partial charge in [-0.3, -0.25) is 24.3 Å². The first-order valence-corrected chi connectivity index (χ1v) is 18.2. The van der Waals surface area contributed by atoms with Crippen LogP contribution in [0.2, 0.25) is 0 Å². The Morgan fingerprint density at radius 1 is 0.902 bits per heavy atom. The number of methoxy groups -OCH3 is 1. The van der Waals surface area contributed by atoms with E-state index in [0.717, 1.165) is 91.8 Å². The van der Waals surface area contributed by atoms with Crippen molar-refractivity contribution in [1.82, 2.24) is 29.1 Å². The number of carboxylic acid groups (broad SMARTS) is 1. The lowest BCUT2D eigenvalue weighted by Crippen LogP contribution is -2.52. The number of fused-ring (bicyclic) bond motifs is 1. The smallest absolute Gasteiger partial charge is 0.353 e. The number of ether oxygens (including phenoxy) is 1. The number of primary amides is 1. The molecule has 3 aliphatic heterocycles. The SMILES string of the molecule is COc1c(C(N)=O)cc(C(C)(C)C)c(-c2c(C(=O)O)n(C)c3c(CN4CCN(C(=O)C5CCCN5C)CC4)cccc23)c1CN1CCN(C)CC1. The Hall–Kier alpha value is -3.97. The highest BCUT2D eigenvalue weighted by atomic mass is 16.5. The summed E-state index contributed by atoms with van der Waals surface area (Å²) in [5.74, 6) is -0.985. The second-order valence-corrected chi connectivity index (χ2v) is 15.7. The number of rotatable bonds is 9. The van der Waals surface area contributed by atoms with Crippen molar-refractivity contribution in [2.75, 3.05) is 80.1 Å². The number of hydrogen-bond acceptors (Lipinski definition) is 8. The van der Waals surface area contributed by atoms with E-state index in [0.29, 0.717) is 43.1 Å². The van der Waals surface area contributed by atoms with E-state index >= 15 is 0 Å². The van der Waals surface area contributed by atoms with E-state index in [-0.39, 0.29) is 17.6 Å². The minimum atomic E-state index is -1.03. The molecule has 4 heterocycles. The molecule has 12 nitrogen and oxygen atoms in total. The van der Waals surface area contributed by atoms with Crippen LogP contribution in [0, 0.1) is 0 Å². The number of carboxylic acids is 1. The van der Waals surface area contributed by atoms with E-state index in [4.69, 9.17) is 10.5 Å². The second kappa shape index (κ2) is 14.6. The van der Waals surface area contributed by atoms with Crippen LogP contribution in [0.4, 0.5) is 0 Å². The van der Waals surface area contributed by atoms with Crippen molar-refractivity contribution in [3.8, 4) is 16.9 Å². The minimum Gasteiger partial charge on any atom is -0.496 e. The van der Waals surface area contributed by atoms with Gasteiger partial charge in [0.25, 0.3) is 5.91 Å². The summed E-state index contributed by atoms with van der Waals surface area (Å²) in [5.41, 5.74) is 10.9. The summed E-state index contributed by atoms with van der Waals surface area (Å²) in [4.78, 5) is 50.7. The van der Waals surface area contributed by atoms with Gasteiger partial charge < -0.3 is 29.9 Å².